The minimum atomic E-state index is 0.599. The van der Waals surface area contributed by atoms with E-state index in [4.69, 9.17) is 14.4 Å². The molecular weight excluding hydrogens is 476 g/mol. The average Bonchev–Trinajstić information content (AvgIpc) is 3.39. The van der Waals surface area contributed by atoms with Gasteiger partial charge in [-0.05, 0) is 50.9 Å². The Kier molecular flexibility index (Phi) is 4.82. The molecule has 2 heterocycles. The molecule has 0 unspecified atom stereocenters. The minimum absolute atomic E-state index is 0.599. The summed E-state index contributed by atoms with van der Waals surface area (Å²) in [5.74, 6) is 0.652. The predicted octanol–water partition coefficient (Wildman–Crippen LogP) is 9.68. The highest BCUT2D eigenvalue weighted by Crippen LogP contribution is 2.39. The zero-order valence-electron chi connectivity index (χ0n) is 21.0. The van der Waals surface area contributed by atoms with Crippen LogP contribution in [-0.2, 0) is 0 Å². The Labute approximate surface area is 225 Å². The van der Waals surface area contributed by atoms with Crippen LogP contribution in [0.2, 0.25) is 0 Å². The fourth-order valence-electron chi connectivity index (χ4n) is 5.68. The monoisotopic (exact) mass is 498 g/mol. The first kappa shape index (κ1) is 21.8. The maximum Gasteiger partial charge on any atom is 0.231 e. The molecule has 0 amide bonds. The van der Waals surface area contributed by atoms with Gasteiger partial charge in [-0.3, -0.25) is 0 Å². The molecule has 0 N–H and O–H groups in total. The first-order chi connectivity index (χ1) is 19.3. The third-order valence-electron chi connectivity index (χ3n) is 7.49. The summed E-state index contributed by atoms with van der Waals surface area (Å²) in [4.78, 5) is 9.99. The summed E-state index contributed by atoms with van der Waals surface area (Å²) in [5, 5.41) is 6.94. The summed E-state index contributed by atoms with van der Waals surface area (Å²) in [6, 6.07) is 46.4. The van der Waals surface area contributed by atoms with Crippen LogP contribution in [0.3, 0.4) is 0 Å². The third kappa shape index (κ3) is 3.52. The smallest absolute Gasteiger partial charge is 0.231 e. The lowest BCUT2D eigenvalue weighted by Crippen LogP contribution is -1.94. The number of fused-ring (bicyclic) bond motifs is 6. The van der Waals surface area contributed by atoms with Crippen LogP contribution in [0.25, 0.3) is 77.4 Å². The SMILES string of the molecule is c1ccc(-c2nc(-c3cccc(-c4cc5ccccc5c5ccccc45)c3)c3c(n2)oc2ccccc23)cc1. The van der Waals surface area contributed by atoms with Crippen molar-refractivity contribution in [1.29, 1.82) is 0 Å². The van der Waals surface area contributed by atoms with Crippen LogP contribution in [0.5, 0.6) is 0 Å². The van der Waals surface area contributed by atoms with Crippen LogP contribution in [0.4, 0.5) is 0 Å². The van der Waals surface area contributed by atoms with Gasteiger partial charge >= 0.3 is 0 Å². The Morgan fingerprint density at radius 3 is 2.00 bits per heavy atom. The maximum atomic E-state index is 6.25. The van der Waals surface area contributed by atoms with Gasteiger partial charge in [0, 0.05) is 16.5 Å². The molecule has 8 aromatic rings. The second-order valence-corrected chi connectivity index (χ2v) is 9.81. The fraction of sp³-hybridized carbons (Fsp3) is 0. The summed E-state index contributed by atoms with van der Waals surface area (Å²) in [6.07, 6.45) is 0. The Morgan fingerprint density at radius 1 is 0.462 bits per heavy atom. The van der Waals surface area contributed by atoms with Gasteiger partial charge in [-0.1, -0.05) is 115 Å². The zero-order valence-corrected chi connectivity index (χ0v) is 21.0. The van der Waals surface area contributed by atoms with Crippen LogP contribution < -0.4 is 0 Å². The average molecular weight is 499 g/mol. The van der Waals surface area contributed by atoms with Gasteiger partial charge < -0.3 is 4.42 Å². The van der Waals surface area contributed by atoms with Crippen molar-refractivity contribution < 1.29 is 4.42 Å². The molecule has 0 radical (unpaired) electrons. The van der Waals surface area contributed by atoms with Crippen molar-refractivity contribution in [2.45, 2.75) is 0 Å². The van der Waals surface area contributed by atoms with Crippen molar-refractivity contribution in [1.82, 2.24) is 9.97 Å². The van der Waals surface area contributed by atoms with Crippen molar-refractivity contribution in [3.8, 4) is 33.8 Å². The Bertz CT molecular complexity index is 2180. The fourth-order valence-corrected chi connectivity index (χ4v) is 5.68. The van der Waals surface area contributed by atoms with Gasteiger partial charge in [0.25, 0.3) is 0 Å². The zero-order chi connectivity index (χ0) is 25.8. The number of para-hydroxylation sites is 1. The van der Waals surface area contributed by atoms with Crippen molar-refractivity contribution in [3.63, 3.8) is 0 Å². The van der Waals surface area contributed by atoms with Crippen molar-refractivity contribution in [3.05, 3.63) is 133 Å². The normalized spacial score (nSPS) is 11.6. The second-order valence-electron chi connectivity index (χ2n) is 9.81. The highest BCUT2D eigenvalue weighted by Gasteiger charge is 2.18. The number of aromatic nitrogens is 2. The molecule has 8 rings (SSSR count). The molecule has 182 valence electrons. The maximum absolute atomic E-state index is 6.25. The van der Waals surface area contributed by atoms with Gasteiger partial charge in [0.2, 0.25) is 5.71 Å². The Balaban J connectivity index is 1.41. The summed E-state index contributed by atoms with van der Waals surface area (Å²) in [7, 11) is 0. The van der Waals surface area contributed by atoms with E-state index in [-0.39, 0.29) is 0 Å². The largest absolute Gasteiger partial charge is 0.438 e. The number of benzene rings is 6. The molecule has 3 nitrogen and oxygen atoms in total. The first-order valence-corrected chi connectivity index (χ1v) is 13.1. The highest BCUT2D eigenvalue weighted by molar-refractivity contribution is 6.14. The number of hydrogen-bond acceptors (Lipinski definition) is 3. The first-order valence-electron chi connectivity index (χ1n) is 13.1. The molecule has 0 aliphatic heterocycles. The van der Waals surface area contributed by atoms with Crippen LogP contribution in [0.15, 0.2) is 138 Å². The minimum Gasteiger partial charge on any atom is -0.438 e. The lowest BCUT2D eigenvalue weighted by molar-refractivity contribution is 0.653. The summed E-state index contributed by atoms with van der Waals surface area (Å²) >= 11 is 0. The summed E-state index contributed by atoms with van der Waals surface area (Å²) in [5.41, 5.74) is 6.62. The molecule has 6 aromatic carbocycles. The van der Waals surface area contributed by atoms with E-state index in [1.54, 1.807) is 0 Å². The van der Waals surface area contributed by atoms with Gasteiger partial charge in [0.05, 0.1) is 11.1 Å². The standard InChI is InChI=1S/C36H22N2O/c1-2-11-23(12-3-1)35-37-34(33-30-19-8-9-20-32(30)39-36(33)38-35)26-15-10-14-24(21-26)31-22-25-13-4-5-16-27(25)28-17-6-7-18-29(28)31/h1-22H. The summed E-state index contributed by atoms with van der Waals surface area (Å²) in [6.45, 7) is 0. The van der Waals surface area contributed by atoms with E-state index in [2.05, 4.69) is 84.9 Å². The predicted molar refractivity (Wildman–Crippen MR) is 161 cm³/mol. The van der Waals surface area contributed by atoms with Gasteiger partial charge in [0.1, 0.15) is 5.58 Å². The molecule has 0 saturated carbocycles. The van der Waals surface area contributed by atoms with Crippen LogP contribution in [-0.4, -0.2) is 9.97 Å². The topological polar surface area (TPSA) is 38.9 Å². The van der Waals surface area contributed by atoms with Gasteiger partial charge in [-0.15, -0.1) is 0 Å². The molecule has 0 fully saturated rings. The van der Waals surface area contributed by atoms with Crippen molar-refractivity contribution in [2.75, 3.05) is 0 Å². The number of rotatable bonds is 3. The lowest BCUT2D eigenvalue weighted by Gasteiger charge is -2.13. The van der Waals surface area contributed by atoms with E-state index in [1.807, 2.05) is 48.5 Å². The van der Waals surface area contributed by atoms with Crippen LogP contribution >= 0.6 is 0 Å². The van der Waals surface area contributed by atoms with Crippen molar-refractivity contribution in [2.24, 2.45) is 0 Å². The van der Waals surface area contributed by atoms with E-state index in [9.17, 15) is 0 Å². The van der Waals surface area contributed by atoms with Crippen molar-refractivity contribution >= 4 is 43.6 Å². The number of nitrogens with zero attached hydrogens (tertiary/aromatic N) is 2. The molecule has 0 spiro atoms. The Hall–Kier alpha value is -5.28. The van der Waals surface area contributed by atoms with E-state index in [0.29, 0.717) is 11.5 Å². The highest BCUT2D eigenvalue weighted by atomic mass is 16.3. The van der Waals surface area contributed by atoms with Gasteiger partial charge in [0.15, 0.2) is 5.82 Å². The quantitative estimate of drug-likeness (QED) is 0.228. The molecule has 0 saturated heterocycles. The molecule has 0 aliphatic rings. The molecule has 0 aliphatic carbocycles. The van der Waals surface area contributed by atoms with E-state index < -0.39 is 0 Å². The van der Waals surface area contributed by atoms with Crippen LogP contribution in [0, 0.1) is 0 Å². The number of furan rings is 1. The third-order valence-corrected chi connectivity index (χ3v) is 7.49. The lowest BCUT2D eigenvalue weighted by atomic mass is 9.92. The van der Waals surface area contributed by atoms with E-state index in [0.717, 1.165) is 38.7 Å². The second kappa shape index (κ2) is 8.64. The Morgan fingerprint density at radius 2 is 1.13 bits per heavy atom. The summed E-state index contributed by atoms with van der Waals surface area (Å²) < 4.78 is 6.25. The van der Waals surface area contributed by atoms with E-state index >= 15 is 0 Å². The molecule has 2 aromatic heterocycles. The molecule has 0 bridgehead atoms. The molecule has 39 heavy (non-hydrogen) atoms. The molecular formula is C36H22N2O. The van der Waals surface area contributed by atoms with Gasteiger partial charge in [-0.2, -0.15) is 4.98 Å². The van der Waals surface area contributed by atoms with Crippen LogP contribution in [0.1, 0.15) is 0 Å². The molecule has 3 heteroatoms. The van der Waals surface area contributed by atoms with E-state index in [1.165, 1.54) is 27.1 Å². The molecule has 0 atom stereocenters. The van der Waals surface area contributed by atoms with Gasteiger partial charge in [-0.25, -0.2) is 4.98 Å². The number of hydrogen-bond donors (Lipinski definition) is 0.